The molecule has 1 amide bonds. The third-order valence-electron chi connectivity index (χ3n) is 2.37. The van der Waals surface area contributed by atoms with Crippen LogP contribution in [0.3, 0.4) is 0 Å². The molecular formula is C12H13N3O3S. The number of amides is 1. The first-order chi connectivity index (χ1) is 9.22. The number of methoxy groups -OCH3 is 2. The zero-order valence-corrected chi connectivity index (χ0v) is 11.4. The third-order valence-corrected chi connectivity index (χ3v) is 3.23. The van der Waals surface area contributed by atoms with Crippen molar-refractivity contribution in [2.75, 3.05) is 20.0 Å². The van der Waals surface area contributed by atoms with E-state index in [1.165, 1.54) is 11.8 Å². The molecule has 1 aliphatic heterocycles. The lowest BCUT2D eigenvalue weighted by atomic mass is 10.2. The van der Waals surface area contributed by atoms with E-state index in [9.17, 15) is 4.79 Å². The van der Waals surface area contributed by atoms with Crippen molar-refractivity contribution < 1.29 is 14.3 Å². The molecule has 0 bridgehead atoms. The Labute approximate surface area is 114 Å². The largest absolute Gasteiger partial charge is 0.497 e. The highest BCUT2D eigenvalue weighted by molar-refractivity contribution is 8.15. The van der Waals surface area contributed by atoms with E-state index in [1.54, 1.807) is 38.6 Å². The van der Waals surface area contributed by atoms with E-state index >= 15 is 0 Å². The van der Waals surface area contributed by atoms with Gasteiger partial charge in [-0.15, -0.1) is 5.10 Å². The molecule has 6 nitrogen and oxygen atoms in total. The van der Waals surface area contributed by atoms with Crippen LogP contribution in [0.1, 0.15) is 5.56 Å². The zero-order valence-electron chi connectivity index (χ0n) is 10.5. The summed E-state index contributed by atoms with van der Waals surface area (Å²) in [4.78, 5) is 11.0. The Balaban J connectivity index is 2.15. The smallest absolute Gasteiger partial charge is 0.236 e. The summed E-state index contributed by atoms with van der Waals surface area (Å²) >= 11 is 1.32. The second-order valence-electron chi connectivity index (χ2n) is 3.59. The van der Waals surface area contributed by atoms with Gasteiger partial charge in [0, 0.05) is 5.56 Å². The summed E-state index contributed by atoms with van der Waals surface area (Å²) in [7, 11) is 3.17. The summed E-state index contributed by atoms with van der Waals surface area (Å²) in [6, 6.07) is 5.39. The van der Waals surface area contributed by atoms with E-state index in [0.717, 1.165) is 5.56 Å². The van der Waals surface area contributed by atoms with Gasteiger partial charge in [-0.1, -0.05) is 11.8 Å². The van der Waals surface area contributed by atoms with Gasteiger partial charge in [0.05, 0.1) is 26.2 Å². The number of carbonyl (C=O) groups is 1. The van der Waals surface area contributed by atoms with Gasteiger partial charge < -0.3 is 14.8 Å². The molecule has 0 aromatic heterocycles. The minimum absolute atomic E-state index is 0.0575. The predicted molar refractivity (Wildman–Crippen MR) is 75.2 cm³/mol. The fraction of sp³-hybridized carbons (Fsp3) is 0.250. The van der Waals surface area contributed by atoms with E-state index in [4.69, 9.17) is 9.47 Å². The highest BCUT2D eigenvalue weighted by Gasteiger charge is 2.15. The van der Waals surface area contributed by atoms with E-state index in [0.29, 0.717) is 22.4 Å². The second kappa shape index (κ2) is 6.24. The molecule has 1 N–H and O–H groups in total. The van der Waals surface area contributed by atoms with Gasteiger partial charge in [0.1, 0.15) is 11.5 Å². The predicted octanol–water partition coefficient (Wildman–Crippen LogP) is 1.26. The van der Waals surface area contributed by atoms with Crippen LogP contribution in [0.4, 0.5) is 0 Å². The number of hydrogen-bond acceptors (Lipinski definition) is 6. The Morgan fingerprint density at radius 3 is 2.84 bits per heavy atom. The van der Waals surface area contributed by atoms with Gasteiger partial charge in [-0.25, -0.2) is 0 Å². The fourth-order valence-corrected chi connectivity index (χ4v) is 2.09. The number of carbonyl (C=O) groups excluding carboxylic acids is 1. The maximum atomic E-state index is 11.0. The number of amidine groups is 1. The number of thioether (sulfide) groups is 1. The van der Waals surface area contributed by atoms with Crippen LogP contribution in [-0.2, 0) is 4.79 Å². The number of hydrogen-bond donors (Lipinski definition) is 1. The fourth-order valence-electron chi connectivity index (χ4n) is 1.46. The van der Waals surface area contributed by atoms with Crippen molar-refractivity contribution in [3.8, 4) is 11.5 Å². The first-order valence-electron chi connectivity index (χ1n) is 5.48. The second-order valence-corrected chi connectivity index (χ2v) is 4.56. The maximum Gasteiger partial charge on any atom is 0.236 e. The van der Waals surface area contributed by atoms with Crippen molar-refractivity contribution in [2.45, 2.75) is 0 Å². The van der Waals surface area contributed by atoms with Crippen LogP contribution in [0, 0.1) is 0 Å². The molecular weight excluding hydrogens is 266 g/mol. The van der Waals surface area contributed by atoms with Gasteiger partial charge in [-0.2, -0.15) is 5.10 Å². The quantitative estimate of drug-likeness (QED) is 0.665. The number of nitrogens with zero attached hydrogens (tertiary/aromatic N) is 2. The van der Waals surface area contributed by atoms with Crippen LogP contribution >= 0.6 is 11.8 Å². The van der Waals surface area contributed by atoms with Crippen LogP contribution in [0.5, 0.6) is 11.5 Å². The van der Waals surface area contributed by atoms with Crippen LogP contribution in [0.15, 0.2) is 28.4 Å². The van der Waals surface area contributed by atoms with Crippen molar-refractivity contribution in [1.82, 2.24) is 5.32 Å². The minimum atomic E-state index is -0.0575. The van der Waals surface area contributed by atoms with Crippen LogP contribution < -0.4 is 14.8 Å². The van der Waals surface area contributed by atoms with Crippen molar-refractivity contribution in [3.63, 3.8) is 0 Å². The molecule has 1 heterocycles. The monoisotopic (exact) mass is 279 g/mol. The molecule has 0 atom stereocenters. The SMILES string of the molecule is COc1ccc(OC)c(C=N/N=C2/NC(=O)CS2)c1. The van der Waals surface area contributed by atoms with Crippen LogP contribution in [-0.4, -0.2) is 37.3 Å². The highest BCUT2D eigenvalue weighted by atomic mass is 32.2. The molecule has 1 fully saturated rings. The van der Waals surface area contributed by atoms with Gasteiger partial charge in [0.2, 0.25) is 5.91 Å². The number of ether oxygens (including phenoxy) is 2. The average Bonchev–Trinajstić information content (AvgIpc) is 2.84. The summed E-state index contributed by atoms with van der Waals surface area (Å²) in [5.74, 6) is 1.71. The standard InChI is InChI=1S/C12H13N3O3S/c1-17-9-3-4-10(18-2)8(5-9)6-13-15-12-14-11(16)7-19-12/h3-6H,7H2,1-2H3,(H,14,15,16). The average molecular weight is 279 g/mol. The lowest BCUT2D eigenvalue weighted by molar-refractivity contribution is -0.116. The van der Waals surface area contributed by atoms with Gasteiger partial charge in [0.15, 0.2) is 5.17 Å². The van der Waals surface area contributed by atoms with E-state index in [-0.39, 0.29) is 5.91 Å². The molecule has 1 aliphatic rings. The van der Waals surface area contributed by atoms with Crippen molar-refractivity contribution in [2.24, 2.45) is 10.2 Å². The Bertz CT molecular complexity index is 543. The Morgan fingerprint density at radius 2 is 2.21 bits per heavy atom. The molecule has 1 aromatic rings. The molecule has 0 radical (unpaired) electrons. The third kappa shape index (κ3) is 3.47. The maximum absolute atomic E-state index is 11.0. The minimum Gasteiger partial charge on any atom is -0.497 e. The molecule has 0 unspecified atom stereocenters. The molecule has 0 spiro atoms. The molecule has 19 heavy (non-hydrogen) atoms. The van der Waals surface area contributed by atoms with E-state index in [2.05, 4.69) is 15.5 Å². The first kappa shape index (κ1) is 13.4. The molecule has 100 valence electrons. The number of rotatable bonds is 4. The number of nitrogens with one attached hydrogen (secondary N) is 1. The highest BCUT2D eigenvalue weighted by Crippen LogP contribution is 2.22. The lowest BCUT2D eigenvalue weighted by Crippen LogP contribution is -2.19. The Morgan fingerprint density at radius 1 is 1.37 bits per heavy atom. The first-order valence-corrected chi connectivity index (χ1v) is 6.47. The summed E-state index contributed by atoms with van der Waals surface area (Å²) in [6.07, 6.45) is 1.55. The van der Waals surface area contributed by atoms with E-state index in [1.807, 2.05) is 0 Å². The summed E-state index contributed by atoms with van der Waals surface area (Å²) < 4.78 is 10.3. The molecule has 2 rings (SSSR count). The molecule has 7 heteroatoms. The van der Waals surface area contributed by atoms with Crippen molar-refractivity contribution in [3.05, 3.63) is 23.8 Å². The van der Waals surface area contributed by atoms with Gasteiger partial charge in [-0.05, 0) is 18.2 Å². The summed E-state index contributed by atoms with van der Waals surface area (Å²) in [6.45, 7) is 0. The van der Waals surface area contributed by atoms with Crippen molar-refractivity contribution in [1.29, 1.82) is 0 Å². The van der Waals surface area contributed by atoms with Gasteiger partial charge >= 0.3 is 0 Å². The Kier molecular flexibility index (Phi) is 4.40. The van der Waals surface area contributed by atoms with Crippen molar-refractivity contribution >= 4 is 29.1 Å². The van der Waals surface area contributed by atoms with Gasteiger partial charge in [0.25, 0.3) is 0 Å². The van der Waals surface area contributed by atoms with E-state index < -0.39 is 0 Å². The molecule has 1 aromatic carbocycles. The lowest BCUT2D eigenvalue weighted by Gasteiger charge is -2.06. The normalized spacial score (nSPS) is 16.9. The van der Waals surface area contributed by atoms with Gasteiger partial charge in [-0.3, -0.25) is 4.79 Å². The topological polar surface area (TPSA) is 72.3 Å². The van der Waals surface area contributed by atoms with Crippen LogP contribution in [0.25, 0.3) is 0 Å². The zero-order chi connectivity index (χ0) is 13.7. The summed E-state index contributed by atoms with van der Waals surface area (Å²) in [5.41, 5.74) is 0.750. The Hall–Kier alpha value is -2.02. The molecule has 0 aliphatic carbocycles. The summed E-state index contributed by atoms with van der Waals surface area (Å²) in [5, 5.41) is 11.0. The molecule has 0 saturated carbocycles. The molecule has 1 saturated heterocycles. The van der Waals surface area contributed by atoms with Crippen LogP contribution in [0.2, 0.25) is 0 Å². The number of benzene rings is 1.